The summed E-state index contributed by atoms with van der Waals surface area (Å²) >= 11 is 0. The average molecular weight is 308 g/mol. The molecule has 7 heteroatoms. The van der Waals surface area contributed by atoms with E-state index in [0.29, 0.717) is 12.4 Å². The van der Waals surface area contributed by atoms with E-state index in [2.05, 4.69) is 21.9 Å². The van der Waals surface area contributed by atoms with Crippen molar-refractivity contribution in [1.29, 1.82) is 0 Å². The third kappa shape index (κ3) is 4.05. The second-order valence-electron chi connectivity index (χ2n) is 4.78. The number of hydrogen-bond donors (Lipinski definition) is 2. The molecule has 2 rings (SSSR count). The number of sulfonamides is 1. The van der Waals surface area contributed by atoms with Crippen LogP contribution in [0.1, 0.15) is 19.0 Å². The zero-order valence-corrected chi connectivity index (χ0v) is 13.0. The number of nitrogens with zero attached hydrogens (tertiary/aromatic N) is 2. The number of rotatable bonds is 7. The van der Waals surface area contributed by atoms with Crippen LogP contribution < -0.4 is 10.0 Å². The van der Waals surface area contributed by atoms with E-state index in [-0.39, 0.29) is 4.90 Å². The van der Waals surface area contributed by atoms with Crippen molar-refractivity contribution in [3.63, 3.8) is 0 Å². The van der Waals surface area contributed by atoms with Crippen molar-refractivity contribution in [2.75, 3.05) is 11.3 Å². The molecule has 0 aromatic carbocycles. The van der Waals surface area contributed by atoms with Crippen molar-refractivity contribution in [2.24, 2.45) is 7.05 Å². The Morgan fingerprint density at radius 2 is 2.14 bits per heavy atom. The van der Waals surface area contributed by atoms with Gasteiger partial charge < -0.3 is 9.88 Å². The zero-order valence-electron chi connectivity index (χ0n) is 12.2. The molecule has 0 amide bonds. The third-order valence-electron chi connectivity index (χ3n) is 3.03. The Morgan fingerprint density at radius 1 is 1.33 bits per heavy atom. The molecule has 0 radical (unpaired) electrons. The minimum atomic E-state index is -3.61. The Morgan fingerprint density at radius 3 is 2.81 bits per heavy atom. The minimum absolute atomic E-state index is 0.240. The molecule has 0 aliphatic rings. The Balaban J connectivity index is 2.15. The van der Waals surface area contributed by atoms with E-state index in [1.807, 2.05) is 11.6 Å². The molecule has 0 unspecified atom stereocenters. The lowest BCUT2D eigenvalue weighted by atomic mass is 10.4. The van der Waals surface area contributed by atoms with Crippen LogP contribution in [0.4, 0.5) is 5.82 Å². The van der Waals surface area contributed by atoms with Crippen molar-refractivity contribution in [1.82, 2.24) is 14.9 Å². The lowest BCUT2D eigenvalue weighted by molar-refractivity contribution is 0.601. The molecule has 0 atom stereocenters. The lowest BCUT2D eigenvalue weighted by Crippen LogP contribution is -2.15. The summed E-state index contributed by atoms with van der Waals surface area (Å²) in [5.74, 6) is 0.312. The molecular weight excluding hydrogens is 288 g/mol. The van der Waals surface area contributed by atoms with Gasteiger partial charge in [-0.2, -0.15) is 0 Å². The normalized spacial score (nSPS) is 11.5. The number of pyridine rings is 1. The summed E-state index contributed by atoms with van der Waals surface area (Å²) in [5.41, 5.74) is 0.921. The molecule has 0 aliphatic carbocycles. The van der Waals surface area contributed by atoms with E-state index in [1.165, 1.54) is 0 Å². The number of anilines is 1. The van der Waals surface area contributed by atoms with Gasteiger partial charge in [-0.25, -0.2) is 13.4 Å². The van der Waals surface area contributed by atoms with Gasteiger partial charge in [0.15, 0.2) is 0 Å². The van der Waals surface area contributed by atoms with Gasteiger partial charge in [-0.15, -0.1) is 0 Å². The standard InChI is InChI=1S/C14H20N4O2S/c1-3-7-15-10-12-9-13(11-18(12)2)21(19,20)17-14-6-4-5-8-16-14/h4-6,8-9,11,15H,3,7,10H2,1-2H3,(H,16,17). The summed E-state index contributed by atoms with van der Waals surface area (Å²) in [6.45, 7) is 3.63. The predicted octanol–water partition coefficient (Wildman–Crippen LogP) is 1.72. The molecule has 0 saturated heterocycles. The van der Waals surface area contributed by atoms with Crippen molar-refractivity contribution in [3.05, 3.63) is 42.4 Å². The van der Waals surface area contributed by atoms with Gasteiger partial charge in [0.1, 0.15) is 10.7 Å². The molecule has 114 valence electrons. The van der Waals surface area contributed by atoms with Crippen molar-refractivity contribution in [3.8, 4) is 0 Å². The van der Waals surface area contributed by atoms with E-state index in [4.69, 9.17) is 0 Å². The van der Waals surface area contributed by atoms with E-state index in [9.17, 15) is 8.42 Å². The Bertz CT molecular complexity index is 680. The molecule has 0 saturated carbocycles. The molecule has 2 aromatic rings. The van der Waals surface area contributed by atoms with Crippen LogP contribution in [-0.4, -0.2) is 24.5 Å². The highest BCUT2D eigenvalue weighted by Gasteiger charge is 2.18. The predicted molar refractivity (Wildman–Crippen MR) is 82.5 cm³/mol. The van der Waals surface area contributed by atoms with Crippen LogP contribution in [0.3, 0.4) is 0 Å². The maximum absolute atomic E-state index is 12.3. The SMILES string of the molecule is CCCNCc1cc(S(=O)(=O)Nc2ccccn2)cn1C. The van der Waals surface area contributed by atoms with Crippen LogP contribution in [-0.2, 0) is 23.6 Å². The van der Waals surface area contributed by atoms with Crippen LogP contribution in [0.15, 0.2) is 41.6 Å². The molecular formula is C14H20N4O2S. The van der Waals surface area contributed by atoms with Crippen LogP contribution in [0, 0.1) is 0 Å². The lowest BCUT2D eigenvalue weighted by Gasteiger charge is -2.04. The average Bonchev–Trinajstić information content (AvgIpc) is 2.82. The Hall–Kier alpha value is -1.86. The van der Waals surface area contributed by atoms with Gasteiger partial charge in [0.05, 0.1) is 0 Å². The summed E-state index contributed by atoms with van der Waals surface area (Å²) in [5, 5.41) is 3.26. The highest BCUT2D eigenvalue weighted by molar-refractivity contribution is 7.92. The summed E-state index contributed by atoms with van der Waals surface area (Å²) in [6.07, 6.45) is 4.19. The monoisotopic (exact) mass is 308 g/mol. The first-order valence-electron chi connectivity index (χ1n) is 6.82. The van der Waals surface area contributed by atoms with Crippen molar-refractivity contribution < 1.29 is 8.42 Å². The van der Waals surface area contributed by atoms with Gasteiger partial charge in [0, 0.05) is 31.7 Å². The number of hydrogen-bond acceptors (Lipinski definition) is 4. The maximum Gasteiger partial charge on any atom is 0.264 e. The van der Waals surface area contributed by atoms with Gasteiger partial charge in [-0.05, 0) is 31.2 Å². The second kappa shape index (κ2) is 6.73. The molecule has 2 heterocycles. The highest BCUT2D eigenvalue weighted by atomic mass is 32.2. The second-order valence-corrected chi connectivity index (χ2v) is 6.46. The number of nitrogens with one attached hydrogen (secondary N) is 2. The van der Waals surface area contributed by atoms with Crippen molar-refractivity contribution >= 4 is 15.8 Å². The Kier molecular flexibility index (Phi) is 4.98. The summed E-state index contributed by atoms with van der Waals surface area (Å²) in [7, 11) is -1.77. The first-order chi connectivity index (χ1) is 10.0. The Labute approximate surface area is 125 Å². The largest absolute Gasteiger partial charge is 0.352 e. The number of aryl methyl sites for hydroxylation is 1. The van der Waals surface area contributed by atoms with E-state index >= 15 is 0 Å². The number of aromatic nitrogens is 2. The molecule has 0 bridgehead atoms. The molecule has 0 fully saturated rings. The van der Waals surface area contributed by atoms with Crippen LogP contribution >= 0.6 is 0 Å². The van der Waals surface area contributed by atoms with Gasteiger partial charge in [-0.3, -0.25) is 4.72 Å². The van der Waals surface area contributed by atoms with Crippen LogP contribution in [0.25, 0.3) is 0 Å². The quantitative estimate of drug-likeness (QED) is 0.764. The minimum Gasteiger partial charge on any atom is -0.352 e. The molecule has 0 aliphatic heterocycles. The fourth-order valence-electron chi connectivity index (χ4n) is 1.91. The summed E-state index contributed by atoms with van der Waals surface area (Å²) in [4.78, 5) is 4.21. The fourth-order valence-corrected chi connectivity index (χ4v) is 3.01. The molecule has 0 spiro atoms. The molecule has 2 aromatic heterocycles. The molecule has 21 heavy (non-hydrogen) atoms. The first kappa shape index (κ1) is 15.5. The first-order valence-corrected chi connectivity index (χ1v) is 8.31. The topological polar surface area (TPSA) is 76.0 Å². The van der Waals surface area contributed by atoms with Crippen molar-refractivity contribution in [2.45, 2.75) is 24.8 Å². The molecule has 6 nitrogen and oxygen atoms in total. The zero-order chi connectivity index (χ0) is 15.3. The highest BCUT2D eigenvalue weighted by Crippen LogP contribution is 2.16. The van der Waals surface area contributed by atoms with Crippen LogP contribution in [0.5, 0.6) is 0 Å². The fraction of sp³-hybridized carbons (Fsp3) is 0.357. The summed E-state index contributed by atoms with van der Waals surface area (Å²) in [6, 6.07) is 6.76. The molecule has 2 N–H and O–H groups in total. The van der Waals surface area contributed by atoms with Gasteiger partial charge in [0.25, 0.3) is 10.0 Å². The van der Waals surface area contributed by atoms with Crippen LogP contribution in [0.2, 0.25) is 0 Å². The third-order valence-corrected chi connectivity index (χ3v) is 4.35. The van der Waals surface area contributed by atoms with E-state index in [1.54, 1.807) is 36.7 Å². The van der Waals surface area contributed by atoms with Gasteiger partial charge in [0.2, 0.25) is 0 Å². The summed E-state index contributed by atoms with van der Waals surface area (Å²) < 4.78 is 28.9. The van der Waals surface area contributed by atoms with Gasteiger partial charge >= 0.3 is 0 Å². The van der Waals surface area contributed by atoms with E-state index in [0.717, 1.165) is 18.7 Å². The maximum atomic E-state index is 12.3. The smallest absolute Gasteiger partial charge is 0.264 e. The van der Waals surface area contributed by atoms with E-state index < -0.39 is 10.0 Å². The van der Waals surface area contributed by atoms with Gasteiger partial charge in [-0.1, -0.05) is 13.0 Å².